The first kappa shape index (κ1) is 47.4. The van der Waals surface area contributed by atoms with E-state index < -0.39 is 62.8 Å². The normalized spacial score (nSPS) is 18.4. The lowest BCUT2D eigenvalue weighted by Gasteiger charge is -2.33. The van der Waals surface area contributed by atoms with E-state index in [9.17, 15) is 51.9 Å². The fraction of sp³-hybridized carbons (Fsp3) is 0.500. The molecule has 0 bridgehead atoms. The maximum absolute atomic E-state index is 12.2. The minimum atomic E-state index is -4.64. The number of allylic oxidation sites excluding steroid dienone is 5. The number of rotatable bonds is 23. The molecule has 1 aliphatic rings. The van der Waals surface area contributed by atoms with Gasteiger partial charge in [-0.1, -0.05) is 31.7 Å². The van der Waals surface area contributed by atoms with Crippen LogP contribution in [-0.2, 0) is 65.5 Å². The summed E-state index contributed by atoms with van der Waals surface area (Å²) in [6, 6.07) is 8.10. The summed E-state index contributed by atoms with van der Waals surface area (Å²) in [6.45, 7) is 11.2. The molecule has 0 saturated heterocycles. The molecule has 314 valence electrons. The van der Waals surface area contributed by atoms with Gasteiger partial charge in [0, 0.05) is 35.9 Å². The summed E-state index contributed by atoms with van der Waals surface area (Å²) >= 11 is 0. The van der Waals surface area contributed by atoms with Gasteiger partial charge < -0.3 is 19.1 Å². The van der Waals surface area contributed by atoms with Crippen molar-refractivity contribution in [1.29, 1.82) is 0 Å². The zero-order valence-corrected chi connectivity index (χ0v) is 35.0. The fourth-order valence-electron chi connectivity index (χ4n) is 6.80. The lowest BCUT2D eigenvalue weighted by molar-refractivity contribution is 0.0266. The first-order valence-electron chi connectivity index (χ1n) is 17.4. The molecule has 2 aromatic rings. The molecular formula is C36H51NO15S4. The molecule has 1 heterocycles. The minimum Gasteiger partial charge on any atom is -0.382 e. The summed E-state index contributed by atoms with van der Waals surface area (Å²) in [5, 5.41) is 0. The molecule has 0 aliphatic carbocycles. The lowest BCUT2D eigenvalue weighted by Crippen LogP contribution is -2.31. The molecule has 2 unspecified atom stereocenters. The summed E-state index contributed by atoms with van der Waals surface area (Å²) in [7, 11) is -16.4. The Morgan fingerprint density at radius 3 is 1.96 bits per heavy atom. The standard InChI is InChI=1S/C36H51NO15S4/c1-27-11-12-29(55(44,45)46)25-31(27)35(3,15-7-23-53(38,39)40)28(2)9-6-10-34-36(4,16-8-24-54(41,42)43)32-26-30(56(47,48)49)13-14-33(32)37(34)17-18-51-21-22-52-20-19-50-5/h6,9-14,25-26H,2,7-8,15-24H2,1,3-5H3,(H,38,39,40)(H,41,42,43)(H,44,45,46)(H,47,48,49)/b9-6+,34-10+. The number of fused-ring (bicyclic) bond motifs is 1. The lowest BCUT2D eigenvalue weighted by atomic mass is 9.71. The average Bonchev–Trinajstić information content (AvgIpc) is 3.30. The summed E-state index contributed by atoms with van der Waals surface area (Å²) in [6.07, 6.45) is 5.08. The Kier molecular flexibility index (Phi) is 16.2. The zero-order chi connectivity index (χ0) is 42.2. The van der Waals surface area contributed by atoms with Crippen LogP contribution in [0.1, 0.15) is 56.2 Å². The van der Waals surface area contributed by atoms with Crippen LogP contribution in [0.3, 0.4) is 0 Å². The van der Waals surface area contributed by atoms with Crippen LogP contribution in [0, 0.1) is 6.92 Å². The van der Waals surface area contributed by atoms with Gasteiger partial charge in [0.1, 0.15) is 0 Å². The van der Waals surface area contributed by atoms with Gasteiger partial charge in [-0.15, -0.1) is 0 Å². The van der Waals surface area contributed by atoms with Crippen LogP contribution in [0.5, 0.6) is 0 Å². The maximum Gasteiger partial charge on any atom is 0.294 e. The van der Waals surface area contributed by atoms with E-state index in [0.29, 0.717) is 53.5 Å². The SMILES string of the molecule is C=C(/C=C/C=C1/N(CCOCCOCCOC)c2ccc(S(=O)(=O)O)cc2C1(C)CCCS(=O)(=O)O)C(C)(CCCS(=O)(=O)O)c1cc(S(=O)(=O)O)ccc1C. The predicted octanol–water partition coefficient (Wildman–Crippen LogP) is 4.54. The van der Waals surface area contributed by atoms with Gasteiger partial charge in [-0.3, -0.25) is 18.2 Å². The van der Waals surface area contributed by atoms with E-state index >= 15 is 0 Å². The van der Waals surface area contributed by atoms with Crippen LogP contribution in [0.15, 0.2) is 82.3 Å². The van der Waals surface area contributed by atoms with Gasteiger partial charge in [-0.2, -0.15) is 33.7 Å². The highest BCUT2D eigenvalue weighted by Crippen LogP contribution is 2.51. The first-order chi connectivity index (χ1) is 25.8. The van der Waals surface area contributed by atoms with Crippen molar-refractivity contribution < 1.29 is 66.1 Å². The number of methoxy groups -OCH3 is 1. The van der Waals surface area contributed by atoms with E-state index in [4.69, 9.17) is 14.2 Å². The van der Waals surface area contributed by atoms with Crippen molar-refractivity contribution in [1.82, 2.24) is 0 Å². The Hall–Kier alpha value is -3.02. The summed E-state index contributed by atoms with van der Waals surface area (Å²) in [5.74, 6) is -1.16. The van der Waals surface area contributed by atoms with Crippen molar-refractivity contribution in [2.24, 2.45) is 0 Å². The molecule has 20 heteroatoms. The van der Waals surface area contributed by atoms with Crippen LogP contribution in [0.4, 0.5) is 5.69 Å². The Morgan fingerprint density at radius 1 is 0.821 bits per heavy atom. The molecule has 16 nitrogen and oxygen atoms in total. The monoisotopic (exact) mass is 865 g/mol. The highest BCUT2D eigenvalue weighted by atomic mass is 32.2. The Morgan fingerprint density at radius 2 is 1.38 bits per heavy atom. The van der Waals surface area contributed by atoms with Gasteiger partial charge in [0.15, 0.2) is 0 Å². The van der Waals surface area contributed by atoms with Gasteiger partial charge in [-0.05, 0) is 98.2 Å². The highest BCUT2D eigenvalue weighted by Gasteiger charge is 2.44. The molecule has 56 heavy (non-hydrogen) atoms. The quantitative estimate of drug-likeness (QED) is 0.0680. The topological polar surface area (TPSA) is 248 Å². The second kappa shape index (κ2) is 19.2. The molecule has 0 saturated carbocycles. The molecule has 2 atom stereocenters. The van der Waals surface area contributed by atoms with Crippen LogP contribution < -0.4 is 4.90 Å². The molecule has 1 aliphatic heterocycles. The molecule has 0 amide bonds. The Balaban J connectivity index is 2.14. The third-order valence-corrected chi connectivity index (χ3v) is 13.1. The summed E-state index contributed by atoms with van der Waals surface area (Å²) < 4.78 is 150. The van der Waals surface area contributed by atoms with Crippen LogP contribution >= 0.6 is 0 Å². The van der Waals surface area contributed by atoms with Crippen LogP contribution in [0.2, 0.25) is 0 Å². The predicted molar refractivity (Wildman–Crippen MR) is 210 cm³/mol. The number of hydrogen-bond donors (Lipinski definition) is 4. The third-order valence-electron chi connectivity index (χ3n) is 9.79. The number of ether oxygens (including phenoxy) is 3. The number of hydrogen-bond acceptors (Lipinski definition) is 12. The van der Waals surface area contributed by atoms with E-state index in [1.54, 1.807) is 46.1 Å². The smallest absolute Gasteiger partial charge is 0.294 e. The highest BCUT2D eigenvalue weighted by molar-refractivity contribution is 7.86. The van der Waals surface area contributed by atoms with Gasteiger partial charge in [0.2, 0.25) is 0 Å². The molecule has 0 fully saturated rings. The Labute approximate surface area is 330 Å². The average molecular weight is 866 g/mol. The van der Waals surface area contributed by atoms with Crippen molar-refractivity contribution >= 4 is 46.2 Å². The zero-order valence-electron chi connectivity index (χ0n) is 31.7. The maximum atomic E-state index is 12.2. The number of nitrogens with zero attached hydrogens (tertiary/aromatic N) is 1. The molecule has 3 rings (SSSR count). The van der Waals surface area contributed by atoms with Crippen LogP contribution in [-0.4, -0.2) is 110 Å². The van der Waals surface area contributed by atoms with E-state index in [1.807, 2.05) is 4.90 Å². The second-order valence-electron chi connectivity index (χ2n) is 13.9. The molecule has 0 spiro atoms. The largest absolute Gasteiger partial charge is 0.382 e. The molecule has 4 N–H and O–H groups in total. The number of benzene rings is 2. The van der Waals surface area contributed by atoms with E-state index in [-0.39, 0.29) is 55.2 Å². The van der Waals surface area contributed by atoms with Gasteiger partial charge >= 0.3 is 0 Å². The van der Waals surface area contributed by atoms with E-state index in [1.165, 1.54) is 36.4 Å². The van der Waals surface area contributed by atoms with Gasteiger partial charge in [0.05, 0.1) is 54.3 Å². The number of anilines is 1. The van der Waals surface area contributed by atoms with Crippen molar-refractivity contribution in [3.05, 3.63) is 89.2 Å². The third kappa shape index (κ3) is 13.0. The molecule has 0 radical (unpaired) electrons. The van der Waals surface area contributed by atoms with Crippen molar-refractivity contribution in [2.45, 2.75) is 67.1 Å². The van der Waals surface area contributed by atoms with Crippen molar-refractivity contribution in [2.75, 3.05) is 63.1 Å². The minimum absolute atomic E-state index is 0.0307. The van der Waals surface area contributed by atoms with Crippen molar-refractivity contribution in [3.8, 4) is 0 Å². The number of aryl methyl sites for hydroxylation is 1. The second-order valence-corrected chi connectivity index (χ2v) is 19.8. The van der Waals surface area contributed by atoms with Gasteiger partial charge in [-0.25, -0.2) is 0 Å². The van der Waals surface area contributed by atoms with Crippen molar-refractivity contribution in [3.63, 3.8) is 0 Å². The van der Waals surface area contributed by atoms with Gasteiger partial charge in [0.25, 0.3) is 40.5 Å². The first-order valence-corrected chi connectivity index (χ1v) is 23.5. The fourth-order valence-corrected chi connectivity index (χ4v) is 8.83. The van der Waals surface area contributed by atoms with E-state index in [0.717, 1.165) is 0 Å². The molecule has 2 aromatic carbocycles. The molecular weight excluding hydrogens is 815 g/mol. The summed E-state index contributed by atoms with van der Waals surface area (Å²) in [5.41, 5.74) is 0.784. The Bertz CT molecular complexity index is 2240. The van der Waals surface area contributed by atoms with E-state index in [2.05, 4.69) is 6.58 Å². The molecule has 0 aromatic heterocycles. The summed E-state index contributed by atoms with van der Waals surface area (Å²) in [4.78, 5) is 1.10. The van der Waals surface area contributed by atoms with Crippen LogP contribution in [0.25, 0.3) is 0 Å².